The van der Waals surface area contributed by atoms with Crippen LogP contribution < -0.4 is 10.1 Å². The van der Waals surface area contributed by atoms with Crippen LogP contribution >= 0.6 is 24.8 Å². The highest BCUT2D eigenvalue weighted by Gasteiger charge is 2.21. The summed E-state index contributed by atoms with van der Waals surface area (Å²) >= 11 is 0. The summed E-state index contributed by atoms with van der Waals surface area (Å²) in [7, 11) is 1.74. The summed E-state index contributed by atoms with van der Waals surface area (Å²) in [5.41, 5.74) is 2.62. The normalized spacial score (nSPS) is 17.7. The first-order valence-electron chi connectivity index (χ1n) is 7.49. The highest BCUT2D eigenvalue weighted by Crippen LogP contribution is 2.22. The van der Waals surface area contributed by atoms with Gasteiger partial charge in [0.25, 0.3) is 0 Å². The lowest BCUT2D eigenvalue weighted by Crippen LogP contribution is -2.45. The van der Waals surface area contributed by atoms with Gasteiger partial charge in [0.15, 0.2) is 0 Å². The number of hydrogen-bond acceptors (Lipinski definition) is 3. The van der Waals surface area contributed by atoms with E-state index in [1.54, 1.807) is 7.11 Å². The van der Waals surface area contributed by atoms with Crippen molar-refractivity contribution in [1.29, 1.82) is 0 Å². The van der Waals surface area contributed by atoms with E-state index in [1.165, 1.54) is 11.1 Å². The van der Waals surface area contributed by atoms with Crippen LogP contribution in [0.5, 0.6) is 5.75 Å². The van der Waals surface area contributed by atoms with Crippen LogP contribution in [0.25, 0.3) is 0 Å². The number of methoxy groups -OCH3 is 1. The Morgan fingerprint density at radius 3 is 2.48 bits per heavy atom. The number of hydrogen-bond donors (Lipinski definition) is 1. The lowest BCUT2D eigenvalue weighted by Gasteiger charge is -2.34. The number of halogens is 2. The number of nitrogens with zero attached hydrogens (tertiary/aromatic N) is 1. The number of rotatable bonds is 4. The molecule has 1 saturated heterocycles. The second kappa shape index (κ2) is 9.78. The average Bonchev–Trinajstić information content (AvgIpc) is 2.56. The molecular weight excluding hydrogens is 331 g/mol. The first-order valence-corrected chi connectivity index (χ1v) is 7.49. The quantitative estimate of drug-likeness (QED) is 0.906. The molecule has 0 saturated carbocycles. The van der Waals surface area contributed by atoms with E-state index in [0.29, 0.717) is 6.04 Å². The fraction of sp³-hybridized carbons (Fsp3) is 0.333. The van der Waals surface area contributed by atoms with Gasteiger partial charge < -0.3 is 10.1 Å². The SMILES string of the molecule is COc1ccccc1CN1CCNC(c2ccccc2)C1.Cl.Cl. The van der Waals surface area contributed by atoms with Gasteiger partial charge in [0, 0.05) is 37.8 Å². The minimum absolute atomic E-state index is 0. The topological polar surface area (TPSA) is 24.5 Å². The molecule has 126 valence electrons. The van der Waals surface area contributed by atoms with Gasteiger partial charge in [-0.3, -0.25) is 4.90 Å². The van der Waals surface area contributed by atoms with E-state index < -0.39 is 0 Å². The minimum Gasteiger partial charge on any atom is -0.496 e. The van der Waals surface area contributed by atoms with Crippen molar-refractivity contribution >= 4 is 24.8 Å². The van der Waals surface area contributed by atoms with Gasteiger partial charge in [-0.2, -0.15) is 0 Å². The van der Waals surface area contributed by atoms with Gasteiger partial charge in [-0.25, -0.2) is 0 Å². The zero-order chi connectivity index (χ0) is 14.5. The van der Waals surface area contributed by atoms with Crippen LogP contribution in [-0.4, -0.2) is 31.6 Å². The van der Waals surface area contributed by atoms with E-state index in [1.807, 2.05) is 12.1 Å². The largest absolute Gasteiger partial charge is 0.496 e. The Morgan fingerprint density at radius 2 is 1.74 bits per heavy atom. The smallest absolute Gasteiger partial charge is 0.123 e. The molecule has 0 radical (unpaired) electrons. The number of ether oxygens (including phenoxy) is 1. The van der Waals surface area contributed by atoms with Gasteiger partial charge in [-0.1, -0.05) is 48.5 Å². The summed E-state index contributed by atoms with van der Waals surface area (Å²) in [5.74, 6) is 0.979. The molecule has 1 atom stereocenters. The molecule has 3 rings (SSSR count). The Labute approximate surface area is 150 Å². The molecule has 5 heteroatoms. The van der Waals surface area contributed by atoms with Crippen molar-refractivity contribution < 1.29 is 4.74 Å². The van der Waals surface area contributed by atoms with Crippen molar-refractivity contribution in [2.75, 3.05) is 26.7 Å². The van der Waals surface area contributed by atoms with Crippen LogP contribution in [0.4, 0.5) is 0 Å². The predicted octanol–water partition coefficient (Wildman–Crippen LogP) is 3.69. The van der Waals surface area contributed by atoms with Crippen LogP contribution in [0.1, 0.15) is 17.2 Å². The maximum absolute atomic E-state index is 5.46. The first-order chi connectivity index (χ1) is 10.4. The van der Waals surface area contributed by atoms with E-state index in [4.69, 9.17) is 4.74 Å². The Kier molecular flexibility index (Phi) is 8.42. The second-order valence-electron chi connectivity index (χ2n) is 5.46. The van der Waals surface area contributed by atoms with Gasteiger partial charge in [0.05, 0.1) is 7.11 Å². The number of piperazine rings is 1. The molecule has 0 amide bonds. The van der Waals surface area contributed by atoms with Crippen LogP contribution in [0.15, 0.2) is 54.6 Å². The Hall–Kier alpha value is -1.26. The zero-order valence-electron chi connectivity index (χ0n) is 13.3. The zero-order valence-corrected chi connectivity index (χ0v) is 14.9. The predicted molar refractivity (Wildman–Crippen MR) is 100.0 cm³/mol. The molecule has 0 aromatic heterocycles. The molecule has 1 unspecified atom stereocenters. The van der Waals surface area contributed by atoms with Crippen molar-refractivity contribution in [3.05, 3.63) is 65.7 Å². The molecule has 23 heavy (non-hydrogen) atoms. The molecule has 3 nitrogen and oxygen atoms in total. The van der Waals surface area contributed by atoms with Crippen LogP contribution in [-0.2, 0) is 6.54 Å². The van der Waals surface area contributed by atoms with Crippen LogP contribution in [0.3, 0.4) is 0 Å². The van der Waals surface area contributed by atoms with E-state index in [9.17, 15) is 0 Å². The summed E-state index contributed by atoms with van der Waals surface area (Å²) in [4.78, 5) is 2.49. The molecule has 0 spiro atoms. The standard InChI is InChI=1S/C18H22N2O.2ClH/c1-21-18-10-6-5-9-16(18)13-20-12-11-19-17(14-20)15-7-3-2-4-8-15;;/h2-10,17,19H,11-14H2,1H3;2*1H. The molecule has 1 fully saturated rings. The molecule has 0 bridgehead atoms. The molecule has 1 aliphatic heterocycles. The summed E-state index contributed by atoms with van der Waals surface area (Å²) in [5, 5.41) is 3.61. The highest BCUT2D eigenvalue weighted by atomic mass is 35.5. The van der Waals surface area contributed by atoms with Gasteiger partial charge >= 0.3 is 0 Å². The number of nitrogens with one attached hydrogen (secondary N) is 1. The van der Waals surface area contributed by atoms with Gasteiger partial charge in [-0.15, -0.1) is 24.8 Å². The van der Waals surface area contributed by atoms with Gasteiger partial charge in [0.1, 0.15) is 5.75 Å². The number of benzene rings is 2. The molecule has 2 aromatic rings. The van der Waals surface area contributed by atoms with E-state index in [-0.39, 0.29) is 24.8 Å². The monoisotopic (exact) mass is 354 g/mol. The molecule has 0 aliphatic carbocycles. The first kappa shape index (κ1) is 19.8. The lowest BCUT2D eigenvalue weighted by molar-refractivity contribution is 0.191. The number of para-hydroxylation sites is 1. The van der Waals surface area contributed by atoms with Crippen LogP contribution in [0, 0.1) is 0 Å². The second-order valence-corrected chi connectivity index (χ2v) is 5.46. The maximum atomic E-state index is 5.46. The van der Waals surface area contributed by atoms with Crippen molar-refractivity contribution in [3.8, 4) is 5.75 Å². The highest BCUT2D eigenvalue weighted by molar-refractivity contribution is 5.85. The summed E-state index contributed by atoms with van der Waals surface area (Å²) in [6.45, 7) is 4.06. The average molecular weight is 355 g/mol. The fourth-order valence-corrected chi connectivity index (χ4v) is 2.94. The third-order valence-corrected chi connectivity index (χ3v) is 4.05. The third kappa shape index (κ3) is 5.11. The van der Waals surface area contributed by atoms with Crippen molar-refractivity contribution in [3.63, 3.8) is 0 Å². The summed E-state index contributed by atoms with van der Waals surface area (Å²) in [6, 6.07) is 19.4. The van der Waals surface area contributed by atoms with Crippen molar-refractivity contribution in [2.45, 2.75) is 12.6 Å². The molecular formula is C18H24Cl2N2O. The minimum atomic E-state index is 0. The third-order valence-electron chi connectivity index (χ3n) is 4.05. The van der Waals surface area contributed by atoms with Crippen LogP contribution in [0.2, 0.25) is 0 Å². The summed E-state index contributed by atoms with van der Waals surface area (Å²) in [6.07, 6.45) is 0. The lowest BCUT2D eigenvalue weighted by atomic mass is 10.0. The fourth-order valence-electron chi connectivity index (χ4n) is 2.94. The molecule has 2 aromatic carbocycles. The van der Waals surface area contributed by atoms with E-state index in [0.717, 1.165) is 31.9 Å². The van der Waals surface area contributed by atoms with Crippen molar-refractivity contribution in [1.82, 2.24) is 10.2 Å². The van der Waals surface area contributed by atoms with E-state index >= 15 is 0 Å². The Balaban J connectivity index is 0.00000132. The summed E-state index contributed by atoms with van der Waals surface area (Å²) < 4.78 is 5.46. The van der Waals surface area contributed by atoms with Crippen molar-refractivity contribution in [2.24, 2.45) is 0 Å². The maximum Gasteiger partial charge on any atom is 0.123 e. The van der Waals surface area contributed by atoms with E-state index in [2.05, 4.69) is 52.7 Å². The Bertz CT molecular complexity index is 580. The molecule has 1 aliphatic rings. The molecule has 1 heterocycles. The van der Waals surface area contributed by atoms with Gasteiger partial charge in [0.2, 0.25) is 0 Å². The Morgan fingerprint density at radius 1 is 1.04 bits per heavy atom. The molecule has 1 N–H and O–H groups in total. The van der Waals surface area contributed by atoms with Gasteiger partial charge in [-0.05, 0) is 11.6 Å².